The lowest BCUT2D eigenvalue weighted by molar-refractivity contribution is -0.138. The van der Waals surface area contributed by atoms with Gasteiger partial charge in [-0.3, -0.25) is 14.6 Å². The van der Waals surface area contributed by atoms with Crippen molar-refractivity contribution in [2.75, 3.05) is 39.3 Å². The summed E-state index contributed by atoms with van der Waals surface area (Å²) >= 11 is 0. The highest BCUT2D eigenvalue weighted by Crippen LogP contribution is 2.15. The molecule has 0 radical (unpaired) electrons. The average Bonchev–Trinajstić information content (AvgIpc) is 2.65. The van der Waals surface area contributed by atoms with E-state index in [1.165, 1.54) is 0 Å². The van der Waals surface area contributed by atoms with Gasteiger partial charge < -0.3 is 10.2 Å². The van der Waals surface area contributed by atoms with Gasteiger partial charge in [0, 0.05) is 26.2 Å². The normalized spacial score (nSPS) is 19.4. The highest BCUT2D eigenvalue weighted by Gasteiger charge is 2.19. The van der Waals surface area contributed by atoms with Crippen molar-refractivity contribution in [2.24, 2.45) is 0 Å². The molecule has 5 heteroatoms. The van der Waals surface area contributed by atoms with Gasteiger partial charge in [-0.1, -0.05) is 30.3 Å². The topological polar surface area (TPSA) is 64.0 Å². The van der Waals surface area contributed by atoms with Crippen LogP contribution in [0.25, 0.3) is 0 Å². The van der Waals surface area contributed by atoms with E-state index in [-0.39, 0.29) is 6.54 Å². The Bertz CT molecular complexity index is 424. The minimum Gasteiger partial charge on any atom is -0.480 e. The van der Waals surface area contributed by atoms with E-state index in [1.807, 2.05) is 35.2 Å². The van der Waals surface area contributed by atoms with Crippen LogP contribution in [0.15, 0.2) is 30.3 Å². The van der Waals surface area contributed by atoms with Crippen molar-refractivity contribution in [1.82, 2.24) is 9.80 Å². The molecule has 20 heavy (non-hydrogen) atoms. The number of carbonyl (C=O) groups is 1. The highest BCUT2D eigenvalue weighted by molar-refractivity contribution is 5.69. The van der Waals surface area contributed by atoms with E-state index in [0.29, 0.717) is 6.54 Å². The maximum atomic E-state index is 10.7. The standard InChI is InChI=1S/C15H22N2O3/c18-14(13-5-2-1-3-6-13)11-16-7-4-8-17(10-9-16)12-15(19)20/h1-3,5-6,14,18H,4,7-12H2,(H,19,20). The molecule has 0 saturated carbocycles. The molecule has 110 valence electrons. The molecule has 1 aromatic carbocycles. The molecule has 2 rings (SSSR count). The van der Waals surface area contributed by atoms with Crippen LogP contribution in [0.1, 0.15) is 18.1 Å². The van der Waals surface area contributed by atoms with Crippen molar-refractivity contribution in [1.29, 1.82) is 0 Å². The summed E-state index contributed by atoms with van der Waals surface area (Å²) in [5, 5.41) is 19.0. The first-order valence-electron chi connectivity index (χ1n) is 7.04. The number of aliphatic hydroxyl groups is 1. The first-order valence-corrected chi connectivity index (χ1v) is 7.04. The molecule has 0 bridgehead atoms. The summed E-state index contributed by atoms with van der Waals surface area (Å²) in [6, 6.07) is 9.65. The van der Waals surface area contributed by atoms with E-state index in [9.17, 15) is 9.90 Å². The molecule has 1 saturated heterocycles. The van der Waals surface area contributed by atoms with Gasteiger partial charge in [-0.15, -0.1) is 0 Å². The van der Waals surface area contributed by atoms with Gasteiger partial charge in [-0.2, -0.15) is 0 Å². The zero-order chi connectivity index (χ0) is 14.4. The minimum absolute atomic E-state index is 0.106. The Balaban J connectivity index is 1.83. The largest absolute Gasteiger partial charge is 0.480 e. The van der Waals surface area contributed by atoms with E-state index in [0.717, 1.165) is 38.2 Å². The Hall–Kier alpha value is -1.43. The van der Waals surface area contributed by atoms with E-state index in [2.05, 4.69) is 4.90 Å². The number of carboxylic acid groups (broad SMARTS) is 1. The lowest BCUT2D eigenvalue weighted by Gasteiger charge is -2.23. The quantitative estimate of drug-likeness (QED) is 0.834. The Morgan fingerprint density at radius 3 is 2.45 bits per heavy atom. The molecular formula is C15H22N2O3. The SMILES string of the molecule is O=C(O)CN1CCCN(CC(O)c2ccccc2)CC1. The molecule has 1 fully saturated rings. The smallest absolute Gasteiger partial charge is 0.317 e. The molecule has 1 heterocycles. The predicted octanol–water partition coefficient (Wildman–Crippen LogP) is 0.812. The van der Waals surface area contributed by atoms with Crippen LogP contribution in [0.2, 0.25) is 0 Å². The maximum Gasteiger partial charge on any atom is 0.317 e. The maximum absolute atomic E-state index is 10.7. The molecule has 1 aliphatic heterocycles. The number of β-amino-alcohol motifs (C(OH)–C–C–N with tert-alkyl or cyclic N) is 1. The first kappa shape index (κ1) is 15.0. The van der Waals surface area contributed by atoms with Crippen LogP contribution in [0.4, 0.5) is 0 Å². The van der Waals surface area contributed by atoms with Crippen LogP contribution in [-0.2, 0) is 4.79 Å². The van der Waals surface area contributed by atoms with Gasteiger partial charge in [0.15, 0.2) is 0 Å². The number of hydrogen-bond donors (Lipinski definition) is 2. The Morgan fingerprint density at radius 2 is 1.75 bits per heavy atom. The van der Waals surface area contributed by atoms with Crippen LogP contribution in [0, 0.1) is 0 Å². The van der Waals surface area contributed by atoms with Crippen molar-refractivity contribution in [3.05, 3.63) is 35.9 Å². The second kappa shape index (κ2) is 7.38. The average molecular weight is 278 g/mol. The minimum atomic E-state index is -0.775. The first-order chi connectivity index (χ1) is 9.65. The Kier molecular flexibility index (Phi) is 5.52. The van der Waals surface area contributed by atoms with Crippen molar-refractivity contribution in [3.8, 4) is 0 Å². The lowest BCUT2D eigenvalue weighted by Crippen LogP contribution is -2.35. The van der Waals surface area contributed by atoms with E-state index in [4.69, 9.17) is 5.11 Å². The number of carboxylic acids is 1. The van der Waals surface area contributed by atoms with Crippen LogP contribution in [0.5, 0.6) is 0 Å². The fraction of sp³-hybridized carbons (Fsp3) is 0.533. The summed E-state index contributed by atoms with van der Waals surface area (Å²) in [6.07, 6.45) is 0.455. The molecule has 1 atom stereocenters. The third kappa shape index (κ3) is 4.59. The van der Waals surface area contributed by atoms with Crippen molar-refractivity contribution >= 4 is 5.97 Å². The van der Waals surface area contributed by atoms with E-state index in [1.54, 1.807) is 0 Å². The third-order valence-corrected chi connectivity index (χ3v) is 3.66. The Labute approximate surface area is 119 Å². The van der Waals surface area contributed by atoms with E-state index < -0.39 is 12.1 Å². The number of hydrogen-bond acceptors (Lipinski definition) is 4. The van der Waals surface area contributed by atoms with Crippen molar-refractivity contribution in [3.63, 3.8) is 0 Å². The number of nitrogens with zero attached hydrogens (tertiary/aromatic N) is 2. The van der Waals surface area contributed by atoms with Gasteiger partial charge in [-0.05, 0) is 18.5 Å². The van der Waals surface area contributed by atoms with Gasteiger partial charge in [0.2, 0.25) is 0 Å². The van der Waals surface area contributed by atoms with Gasteiger partial charge in [-0.25, -0.2) is 0 Å². The monoisotopic (exact) mass is 278 g/mol. The summed E-state index contributed by atoms with van der Waals surface area (Å²) < 4.78 is 0. The molecule has 0 spiro atoms. The molecule has 1 aliphatic rings. The van der Waals surface area contributed by atoms with Gasteiger partial charge in [0.05, 0.1) is 12.6 Å². The molecular weight excluding hydrogens is 256 g/mol. The number of aliphatic hydroxyl groups excluding tert-OH is 1. The van der Waals surface area contributed by atoms with Crippen molar-refractivity contribution < 1.29 is 15.0 Å². The summed E-state index contributed by atoms with van der Waals surface area (Å²) in [6.45, 7) is 3.97. The summed E-state index contributed by atoms with van der Waals surface area (Å²) in [5.74, 6) is -0.775. The van der Waals surface area contributed by atoms with Gasteiger partial charge >= 0.3 is 5.97 Å². The number of rotatable bonds is 5. The fourth-order valence-corrected chi connectivity index (χ4v) is 2.58. The second-order valence-electron chi connectivity index (χ2n) is 5.25. The van der Waals surface area contributed by atoms with Gasteiger partial charge in [0.1, 0.15) is 0 Å². The zero-order valence-corrected chi connectivity index (χ0v) is 11.6. The fourth-order valence-electron chi connectivity index (χ4n) is 2.58. The summed E-state index contributed by atoms with van der Waals surface area (Å²) in [7, 11) is 0. The van der Waals surface area contributed by atoms with Crippen molar-refractivity contribution in [2.45, 2.75) is 12.5 Å². The summed E-state index contributed by atoms with van der Waals surface area (Å²) in [4.78, 5) is 14.9. The van der Waals surface area contributed by atoms with E-state index >= 15 is 0 Å². The second-order valence-corrected chi connectivity index (χ2v) is 5.25. The van der Waals surface area contributed by atoms with Crippen LogP contribution < -0.4 is 0 Å². The molecule has 0 aromatic heterocycles. The summed E-state index contributed by atoms with van der Waals surface area (Å²) in [5.41, 5.74) is 0.930. The van der Waals surface area contributed by atoms with Crippen LogP contribution in [0.3, 0.4) is 0 Å². The third-order valence-electron chi connectivity index (χ3n) is 3.66. The number of aliphatic carboxylic acids is 1. The Morgan fingerprint density at radius 1 is 1.10 bits per heavy atom. The van der Waals surface area contributed by atoms with Crippen LogP contribution >= 0.6 is 0 Å². The van der Waals surface area contributed by atoms with Gasteiger partial charge in [0.25, 0.3) is 0 Å². The lowest BCUT2D eigenvalue weighted by atomic mass is 10.1. The molecule has 1 aromatic rings. The highest BCUT2D eigenvalue weighted by atomic mass is 16.4. The molecule has 5 nitrogen and oxygen atoms in total. The predicted molar refractivity (Wildman–Crippen MR) is 76.5 cm³/mol. The molecule has 1 unspecified atom stereocenters. The zero-order valence-electron chi connectivity index (χ0n) is 11.6. The van der Waals surface area contributed by atoms with Crippen LogP contribution in [-0.4, -0.2) is 65.3 Å². The molecule has 0 aliphatic carbocycles. The molecule has 2 N–H and O–H groups in total. The molecule has 0 amide bonds. The number of benzene rings is 1.